The molecule has 0 radical (unpaired) electrons. The first-order chi connectivity index (χ1) is 17.4. The lowest BCUT2D eigenvalue weighted by Crippen LogP contribution is -2.33. The van der Waals surface area contributed by atoms with Crippen LogP contribution in [-0.2, 0) is 32.5 Å². The Balaban J connectivity index is 1.49. The highest BCUT2D eigenvalue weighted by Gasteiger charge is 2.29. The summed E-state index contributed by atoms with van der Waals surface area (Å²) >= 11 is 0. The molecule has 0 saturated heterocycles. The number of benzene rings is 1. The lowest BCUT2D eigenvalue weighted by molar-refractivity contribution is 0.266. The summed E-state index contributed by atoms with van der Waals surface area (Å²) in [7, 11) is -3.88. The van der Waals surface area contributed by atoms with E-state index < -0.39 is 19.6 Å². The van der Waals surface area contributed by atoms with Crippen molar-refractivity contribution >= 4 is 48.7 Å². The van der Waals surface area contributed by atoms with Gasteiger partial charge in [0.15, 0.2) is 21.5 Å². The second-order valence-electron chi connectivity index (χ2n) is 10.1. The molecule has 0 amide bonds. The molecule has 12 heteroatoms. The number of aryl methyl sites for hydroxylation is 1. The monoisotopic (exact) mass is 541 g/mol. The summed E-state index contributed by atoms with van der Waals surface area (Å²) in [6.07, 6.45) is 8.88. The zero-order chi connectivity index (χ0) is 26.4. The van der Waals surface area contributed by atoms with Gasteiger partial charge in [0.2, 0.25) is 5.95 Å². The molecular formula is C25H31N7O3S2. The lowest BCUT2D eigenvalue weighted by atomic mass is 9.77. The molecule has 2 N–H and O–H groups in total. The average molecular weight is 542 g/mol. The van der Waals surface area contributed by atoms with Crippen LogP contribution in [0, 0.1) is 0 Å². The highest BCUT2D eigenvalue weighted by atomic mass is 32.2. The minimum atomic E-state index is -3.63. The van der Waals surface area contributed by atoms with Crippen molar-refractivity contribution in [3.05, 3.63) is 53.2 Å². The van der Waals surface area contributed by atoms with Crippen molar-refractivity contribution < 1.29 is 12.6 Å². The zero-order valence-corrected chi connectivity index (χ0v) is 23.0. The standard InChI is InChI=1S/C25H31N7O3S2/c1-32-14-17-8-5-7-16-11-19(12-18(15-32)23(16)17)27-25-26-13-20(37(4,34)35)24(30-25)29-21-9-6-10-22(28-21)31-36(2,3)33/h6,9-13,17H,5,7-8,14-15H2,1-4H3,(H2,26,27,28,29,30). The Morgan fingerprint density at radius 1 is 1.05 bits per heavy atom. The Bertz CT molecular complexity index is 1590. The van der Waals surface area contributed by atoms with Gasteiger partial charge < -0.3 is 15.5 Å². The van der Waals surface area contributed by atoms with E-state index in [0.29, 0.717) is 11.7 Å². The van der Waals surface area contributed by atoms with Gasteiger partial charge in [-0.25, -0.2) is 22.6 Å². The largest absolute Gasteiger partial charge is 0.324 e. The van der Waals surface area contributed by atoms with Crippen molar-refractivity contribution in [3.8, 4) is 0 Å². The second-order valence-corrected chi connectivity index (χ2v) is 14.6. The third-order valence-corrected chi connectivity index (χ3v) is 8.16. The van der Waals surface area contributed by atoms with Crippen molar-refractivity contribution in [1.29, 1.82) is 0 Å². The van der Waals surface area contributed by atoms with Crippen LogP contribution in [0.1, 0.15) is 35.4 Å². The topological polar surface area (TPSA) is 130 Å². The Hall–Kier alpha value is -3.09. The van der Waals surface area contributed by atoms with Crippen molar-refractivity contribution in [2.45, 2.75) is 36.6 Å². The number of likely N-dealkylation sites (N-methyl/N-ethyl adjacent to an activating group) is 1. The zero-order valence-electron chi connectivity index (χ0n) is 21.4. The molecule has 2 aromatic heterocycles. The molecule has 0 bridgehead atoms. The number of anilines is 4. The molecular weight excluding hydrogens is 510 g/mol. The first kappa shape index (κ1) is 25.6. The van der Waals surface area contributed by atoms with Crippen LogP contribution in [0.2, 0.25) is 0 Å². The SMILES string of the molecule is CN1Cc2cc(Nc3ncc(S(C)(=O)=O)c(Nc4cccc(N=S(C)(C)=O)n4)n3)cc3c2C(CCC3)C1. The van der Waals surface area contributed by atoms with Crippen molar-refractivity contribution in [2.75, 3.05) is 43.0 Å². The number of hydrogen-bond acceptors (Lipinski definition) is 10. The maximum atomic E-state index is 12.5. The second kappa shape index (κ2) is 9.66. The Morgan fingerprint density at radius 3 is 2.59 bits per heavy atom. The van der Waals surface area contributed by atoms with E-state index >= 15 is 0 Å². The van der Waals surface area contributed by atoms with Crippen LogP contribution < -0.4 is 10.6 Å². The van der Waals surface area contributed by atoms with Gasteiger partial charge in [-0.05, 0) is 73.2 Å². The molecule has 3 heterocycles. The molecule has 0 saturated carbocycles. The maximum absolute atomic E-state index is 12.5. The third kappa shape index (κ3) is 5.91. The van der Waals surface area contributed by atoms with Gasteiger partial charge in [-0.1, -0.05) is 6.07 Å². The van der Waals surface area contributed by atoms with Gasteiger partial charge in [-0.15, -0.1) is 0 Å². The Morgan fingerprint density at radius 2 is 1.84 bits per heavy atom. The predicted molar refractivity (Wildman–Crippen MR) is 146 cm³/mol. The summed E-state index contributed by atoms with van der Waals surface area (Å²) in [6, 6.07) is 9.30. The van der Waals surface area contributed by atoms with E-state index in [9.17, 15) is 12.6 Å². The molecule has 2 aliphatic rings. The molecule has 1 aliphatic carbocycles. The maximum Gasteiger partial charge on any atom is 0.229 e. The van der Waals surface area contributed by atoms with Crippen LogP contribution in [-0.4, -0.2) is 64.8 Å². The van der Waals surface area contributed by atoms with E-state index in [2.05, 4.69) is 54.0 Å². The van der Waals surface area contributed by atoms with Gasteiger partial charge in [0.25, 0.3) is 0 Å². The normalized spacial score (nSPS) is 17.7. The van der Waals surface area contributed by atoms with Gasteiger partial charge in [0.05, 0.1) is 6.20 Å². The number of aromatic nitrogens is 3. The molecule has 0 spiro atoms. The minimum Gasteiger partial charge on any atom is -0.324 e. The van der Waals surface area contributed by atoms with E-state index in [-0.39, 0.29) is 22.5 Å². The van der Waals surface area contributed by atoms with Crippen LogP contribution in [0.4, 0.5) is 29.1 Å². The van der Waals surface area contributed by atoms with Crippen LogP contribution in [0.3, 0.4) is 0 Å². The number of nitrogens with one attached hydrogen (secondary N) is 2. The average Bonchev–Trinajstić information content (AvgIpc) is 2.77. The van der Waals surface area contributed by atoms with E-state index in [1.54, 1.807) is 18.2 Å². The van der Waals surface area contributed by atoms with Gasteiger partial charge in [-0.3, -0.25) is 0 Å². The Kier molecular flexibility index (Phi) is 6.67. The van der Waals surface area contributed by atoms with Crippen LogP contribution >= 0.6 is 0 Å². The quantitative estimate of drug-likeness (QED) is 0.476. The number of sulfone groups is 1. The predicted octanol–water partition coefficient (Wildman–Crippen LogP) is 3.99. The fourth-order valence-corrected chi connectivity index (χ4v) is 6.37. The fraction of sp³-hybridized carbons (Fsp3) is 0.400. The summed E-state index contributed by atoms with van der Waals surface area (Å²) in [5, 5.41) is 6.26. The highest BCUT2D eigenvalue weighted by molar-refractivity contribution is 7.92. The molecule has 1 aliphatic heterocycles. The van der Waals surface area contributed by atoms with Gasteiger partial charge in [-0.2, -0.15) is 9.35 Å². The van der Waals surface area contributed by atoms with Crippen LogP contribution in [0.5, 0.6) is 0 Å². The lowest BCUT2D eigenvalue weighted by Gasteiger charge is -2.37. The van der Waals surface area contributed by atoms with Crippen molar-refractivity contribution in [1.82, 2.24) is 19.9 Å². The molecule has 196 valence electrons. The molecule has 1 unspecified atom stereocenters. The van der Waals surface area contributed by atoms with E-state index in [1.165, 1.54) is 48.2 Å². The third-order valence-electron chi connectivity index (χ3n) is 6.44. The van der Waals surface area contributed by atoms with Crippen molar-refractivity contribution in [2.24, 2.45) is 4.36 Å². The van der Waals surface area contributed by atoms with Gasteiger partial charge in [0.1, 0.15) is 10.7 Å². The number of nitrogens with zero attached hydrogens (tertiary/aromatic N) is 5. The van der Waals surface area contributed by atoms with Crippen LogP contribution in [0.25, 0.3) is 0 Å². The van der Waals surface area contributed by atoms with Gasteiger partial charge >= 0.3 is 0 Å². The first-order valence-corrected chi connectivity index (χ1v) is 16.3. The summed E-state index contributed by atoms with van der Waals surface area (Å²) in [5.41, 5.74) is 5.05. The van der Waals surface area contributed by atoms with E-state index in [4.69, 9.17) is 0 Å². The van der Waals surface area contributed by atoms with E-state index in [1.807, 2.05) is 0 Å². The molecule has 37 heavy (non-hydrogen) atoms. The molecule has 3 aromatic rings. The first-order valence-electron chi connectivity index (χ1n) is 12.0. The van der Waals surface area contributed by atoms with Crippen molar-refractivity contribution in [3.63, 3.8) is 0 Å². The number of hydrogen-bond donors (Lipinski definition) is 2. The molecule has 5 rings (SSSR count). The molecule has 10 nitrogen and oxygen atoms in total. The smallest absolute Gasteiger partial charge is 0.229 e. The Labute approximate surface area is 218 Å². The summed E-state index contributed by atoms with van der Waals surface area (Å²) in [5.74, 6) is 1.55. The van der Waals surface area contributed by atoms with Crippen LogP contribution in [0.15, 0.2) is 45.8 Å². The molecule has 0 fully saturated rings. The minimum absolute atomic E-state index is 0.0537. The molecule has 1 atom stereocenters. The fourth-order valence-electron chi connectivity index (χ4n) is 5.12. The summed E-state index contributed by atoms with van der Waals surface area (Å²) in [4.78, 5) is 15.4. The number of rotatable bonds is 6. The summed E-state index contributed by atoms with van der Waals surface area (Å²) < 4.78 is 41.1. The molecule has 1 aromatic carbocycles. The van der Waals surface area contributed by atoms with E-state index in [0.717, 1.165) is 31.5 Å². The highest BCUT2D eigenvalue weighted by Crippen LogP contribution is 2.40. The summed E-state index contributed by atoms with van der Waals surface area (Å²) in [6.45, 7) is 1.98. The van der Waals surface area contributed by atoms with Gasteiger partial charge in [0, 0.05) is 47.3 Å². The number of pyridine rings is 1.